The summed E-state index contributed by atoms with van der Waals surface area (Å²) < 4.78 is 17.2. The van der Waals surface area contributed by atoms with Gasteiger partial charge in [0.25, 0.3) is 0 Å². The molecule has 1 aromatic heterocycles. The first-order valence-corrected chi connectivity index (χ1v) is 15.2. The molecular formula is C33H45N7O3. The second-order valence-electron chi connectivity index (χ2n) is 11.6. The lowest BCUT2D eigenvalue weighted by Gasteiger charge is -2.39. The summed E-state index contributed by atoms with van der Waals surface area (Å²) in [6.07, 6.45) is 7.58. The lowest BCUT2D eigenvalue weighted by molar-refractivity contribution is -0.0790. The summed E-state index contributed by atoms with van der Waals surface area (Å²) in [6, 6.07) is 12.8. The number of nitrogens with one attached hydrogen (secondary N) is 1. The van der Waals surface area contributed by atoms with E-state index in [2.05, 4.69) is 50.7 Å². The number of hydrogen-bond acceptors (Lipinski definition) is 10. The molecule has 3 heterocycles. The topological polar surface area (TPSA) is 99.4 Å². The first-order valence-electron chi connectivity index (χ1n) is 15.2. The standard InChI is InChI=1S/C33H45N7O3/c1-23-20-39(21-24(2)43-23)27-9-12-38(22-27)10-6-11-40(28-13-29(41-4)16-30(14-28)42-5)26-7-8-31-32(15-26)37-33(19-36-31)25(17-34)18-35-3/h7-8,13-19,23-25,27,34H,6,9-12,20-22H2,1-5H3/t23-,24+,25?,27?. The summed E-state index contributed by atoms with van der Waals surface area (Å²) in [7, 11) is 5.06. The van der Waals surface area contributed by atoms with Gasteiger partial charge in [-0.2, -0.15) is 0 Å². The number of methoxy groups -OCH3 is 2. The number of rotatable bonds is 12. The van der Waals surface area contributed by atoms with Crippen LogP contribution in [0, 0.1) is 5.41 Å². The van der Waals surface area contributed by atoms with Gasteiger partial charge in [0, 0.05) is 81.3 Å². The van der Waals surface area contributed by atoms with Gasteiger partial charge in [-0.25, -0.2) is 4.98 Å². The molecule has 1 N–H and O–H groups in total. The Labute approximate surface area is 255 Å². The summed E-state index contributed by atoms with van der Waals surface area (Å²) in [6.45, 7) is 10.5. The highest BCUT2D eigenvalue weighted by Gasteiger charge is 2.32. The van der Waals surface area contributed by atoms with Crippen LogP contribution in [0.3, 0.4) is 0 Å². The molecule has 2 aromatic carbocycles. The van der Waals surface area contributed by atoms with E-state index in [-0.39, 0.29) is 5.92 Å². The highest BCUT2D eigenvalue weighted by molar-refractivity contribution is 5.89. The lowest BCUT2D eigenvalue weighted by Crippen LogP contribution is -2.50. The second kappa shape index (κ2) is 14.2. The molecule has 230 valence electrons. The zero-order valence-corrected chi connectivity index (χ0v) is 26.1. The molecule has 0 bridgehead atoms. The van der Waals surface area contributed by atoms with Crippen molar-refractivity contribution in [3.8, 4) is 11.5 Å². The number of hydrogen-bond donors (Lipinski definition) is 1. The minimum atomic E-state index is -0.308. The van der Waals surface area contributed by atoms with Crippen LogP contribution >= 0.6 is 0 Å². The van der Waals surface area contributed by atoms with E-state index in [1.165, 1.54) is 12.6 Å². The molecule has 0 saturated carbocycles. The van der Waals surface area contributed by atoms with E-state index in [4.69, 9.17) is 24.6 Å². The quantitative estimate of drug-likeness (QED) is 0.302. The molecule has 0 spiro atoms. The number of anilines is 2. The van der Waals surface area contributed by atoms with Gasteiger partial charge in [-0.1, -0.05) is 0 Å². The molecule has 0 aliphatic carbocycles. The van der Waals surface area contributed by atoms with Gasteiger partial charge >= 0.3 is 0 Å². The van der Waals surface area contributed by atoms with Crippen molar-refractivity contribution < 1.29 is 14.2 Å². The Kier molecular flexibility index (Phi) is 10.2. The van der Waals surface area contributed by atoms with Crippen LogP contribution in [0.1, 0.15) is 38.3 Å². The van der Waals surface area contributed by atoms with Crippen molar-refractivity contribution in [3.05, 3.63) is 48.3 Å². The summed E-state index contributed by atoms with van der Waals surface area (Å²) in [5.41, 5.74) is 4.30. The van der Waals surface area contributed by atoms with Crippen LogP contribution in [0.4, 0.5) is 11.4 Å². The van der Waals surface area contributed by atoms with Gasteiger partial charge in [0.15, 0.2) is 0 Å². The van der Waals surface area contributed by atoms with E-state index in [0.717, 1.165) is 79.6 Å². The number of fused-ring (bicyclic) bond motifs is 1. The molecule has 2 unspecified atom stereocenters. The third-order valence-electron chi connectivity index (χ3n) is 8.40. The average molecular weight is 588 g/mol. The Balaban J connectivity index is 1.36. The minimum absolute atomic E-state index is 0.296. The van der Waals surface area contributed by atoms with Crippen LogP contribution in [-0.4, -0.2) is 111 Å². The van der Waals surface area contributed by atoms with Crippen LogP contribution in [0.15, 0.2) is 47.6 Å². The molecule has 5 rings (SSSR count). The zero-order chi connectivity index (χ0) is 30.3. The monoisotopic (exact) mass is 587 g/mol. The van der Waals surface area contributed by atoms with Crippen LogP contribution in [0.2, 0.25) is 0 Å². The highest BCUT2D eigenvalue weighted by Crippen LogP contribution is 2.34. The van der Waals surface area contributed by atoms with Gasteiger partial charge in [-0.05, 0) is 58.0 Å². The summed E-state index contributed by atoms with van der Waals surface area (Å²) >= 11 is 0. The minimum Gasteiger partial charge on any atom is -0.497 e. The third-order valence-corrected chi connectivity index (χ3v) is 8.40. The molecule has 4 atom stereocenters. The van der Waals surface area contributed by atoms with Gasteiger partial charge in [0.2, 0.25) is 0 Å². The average Bonchev–Trinajstić information content (AvgIpc) is 3.50. The molecule has 43 heavy (non-hydrogen) atoms. The number of likely N-dealkylation sites (tertiary alicyclic amines) is 1. The summed E-state index contributed by atoms with van der Waals surface area (Å²) in [4.78, 5) is 21.1. The predicted octanol–water partition coefficient (Wildman–Crippen LogP) is 4.79. The Hall–Kier alpha value is -3.60. The lowest BCUT2D eigenvalue weighted by atomic mass is 10.1. The van der Waals surface area contributed by atoms with E-state index >= 15 is 0 Å². The molecule has 0 amide bonds. The number of nitrogens with zero attached hydrogens (tertiary/aromatic N) is 6. The molecule has 2 aliphatic rings. The van der Waals surface area contributed by atoms with Crippen molar-refractivity contribution in [2.45, 2.75) is 50.9 Å². The van der Waals surface area contributed by atoms with Gasteiger partial charge in [0.05, 0.1) is 55.3 Å². The largest absolute Gasteiger partial charge is 0.497 e. The Bertz CT molecular complexity index is 1380. The van der Waals surface area contributed by atoms with E-state index in [1.807, 2.05) is 24.3 Å². The second-order valence-corrected chi connectivity index (χ2v) is 11.6. The smallest absolute Gasteiger partial charge is 0.124 e. The summed E-state index contributed by atoms with van der Waals surface area (Å²) in [5.74, 6) is 1.18. The van der Waals surface area contributed by atoms with Gasteiger partial charge in [0.1, 0.15) is 11.5 Å². The van der Waals surface area contributed by atoms with Crippen LogP contribution in [-0.2, 0) is 4.74 Å². The normalized spacial score (nSPS) is 22.2. The SMILES string of the molecule is CN=CC(C=N)c1cnc2ccc(N(CCCN3CCC(N4C[C@@H](C)O[C@@H](C)C4)C3)c3cc(OC)cc(OC)c3)cc2n1. The zero-order valence-electron chi connectivity index (χ0n) is 26.1. The van der Waals surface area contributed by atoms with Crippen molar-refractivity contribution in [1.29, 1.82) is 5.41 Å². The van der Waals surface area contributed by atoms with Gasteiger partial charge in [-0.15, -0.1) is 0 Å². The molecule has 2 fully saturated rings. The molecule has 0 radical (unpaired) electrons. The van der Waals surface area contributed by atoms with Crippen LogP contribution in [0.25, 0.3) is 11.0 Å². The van der Waals surface area contributed by atoms with E-state index in [9.17, 15) is 0 Å². The maximum absolute atomic E-state index is 7.82. The summed E-state index contributed by atoms with van der Waals surface area (Å²) in [5, 5.41) is 7.82. The molecular weight excluding hydrogens is 542 g/mol. The number of ether oxygens (including phenoxy) is 3. The fourth-order valence-corrected chi connectivity index (χ4v) is 6.35. The van der Waals surface area contributed by atoms with Gasteiger partial charge < -0.3 is 29.4 Å². The van der Waals surface area contributed by atoms with Crippen molar-refractivity contribution in [2.75, 3.05) is 65.4 Å². The molecule has 2 saturated heterocycles. The van der Waals surface area contributed by atoms with Crippen molar-refractivity contribution >= 4 is 34.8 Å². The number of benzene rings is 2. The number of morpholine rings is 1. The number of aliphatic imine (C=N–C) groups is 1. The molecule has 10 heteroatoms. The van der Waals surface area contributed by atoms with E-state index in [1.54, 1.807) is 33.7 Å². The Morgan fingerprint density at radius 1 is 1.05 bits per heavy atom. The van der Waals surface area contributed by atoms with Crippen LogP contribution < -0.4 is 14.4 Å². The van der Waals surface area contributed by atoms with Crippen molar-refractivity contribution in [1.82, 2.24) is 19.8 Å². The predicted molar refractivity (Wildman–Crippen MR) is 173 cm³/mol. The maximum atomic E-state index is 7.82. The number of aromatic nitrogens is 2. The Morgan fingerprint density at radius 3 is 2.47 bits per heavy atom. The first kappa shape index (κ1) is 30.8. The Morgan fingerprint density at radius 2 is 1.79 bits per heavy atom. The fraction of sp³-hybridized carbons (Fsp3) is 0.515. The van der Waals surface area contributed by atoms with Crippen molar-refractivity contribution in [2.24, 2.45) is 4.99 Å². The van der Waals surface area contributed by atoms with E-state index < -0.39 is 0 Å². The maximum Gasteiger partial charge on any atom is 0.124 e. The van der Waals surface area contributed by atoms with E-state index in [0.29, 0.717) is 23.9 Å². The third kappa shape index (κ3) is 7.49. The van der Waals surface area contributed by atoms with Crippen LogP contribution in [0.5, 0.6) is 11.5 Å². The van der Waals surface area contributed by atoms with Crippen molar-refractivity contribution in [3.63, 3.8) is 0 Å². The first-order chi connectivity index (χ1) is 20.9. The highest BCUT2D eigenvalue weighted by atomic mass is 16.5. The van der Waals surface area contributed by atoms with Gasteiger partial charge in [-0.3, -0.25) is 14.9 Å². The molecule has 3 aromatic rings. The molecule has 2 aliphatic heterocycles. The molecule has 10 nitrogen and oxygen atoms in total. The fourth-order valence-electron chi connectivity index (χ4n) is 6.35.